The Kier molecular flexibility index (Phi) is 8.86. The molecule has 3 rings (SSSR count). The van der Waals surface area contributed by atoms with Gasteiger partial charge in [0.25, 0.3) is 0 Å². The highest BCUT2D eigenvalue weighted by atomic mass is 19.4. The zero-order chi connectivity index (χ0) is 24.8. The maximum atomic E-state index is 12.6. The minimum Gasteiger partial charge on any atom is -0.496 e. The lowest BCUT2D eigenvalue weighted by atomic mass is 10.0. The Morgan fingerprint density at radius 2 is 1.85 bits per heavy atom. The van der Waals surface area contributed by atoms with Crippen LogP contribution in [0, 0.1) is 0 Å². The van der Waals surface area contributed by atoms with Crippen molar-refractivity contribution in [2.75, 3.05) is 33.8 Å². The van der Waals surface area contributed by atoms with Gasteiger partial charge in [-0.3, -0.25) is 14.8 Å². The van der Waals surface area contributed by atoms with Crippen LogP contribution < -0.4 is 4.74 Å². The van der Waals surface area contributed by atoms with E-state index in [-0.39, 0.29) is 5.91 Å². The first-order chi connectivity index (χ1) is 15.5. The number of hydrogen-bond donors (Lipinski definition) is 2. The molecule has 0 unspecified atom stereocenters. The average molecular weight is 470 g/mol. The third kappa shape index (κ3) is 6.95. The van der Waals surface area contributed by atoms with Gasteiger partial charge in [0.15, 0.2) is 0 Å². The van der Waals surface area contributed by atoms with Crippen molar-refractivity contribution in [1.82, 2.24) is 20.0 Å². The van der Waals surface area contributed by atoms with Crippen LogP contribution in [0.5, 0.6) is 5.75 Å². The van der Waals surface area contributed by atoms with E-state index in [4.69, 9.17) is 14.6 Å². The lowest BCUT2D eigenvalue weighted by molar-refractivity contribution is -0.192. The summed E-state index contributed by atoms with van der Waals surface area (Å²) in [5, 5.41) is 14.8. The van der Waals surface area contributed by atoms with Crippen LogP contribution in [0.2, 0.25) is 0 Å². The van der Waals surface area contributed by atoms with Gasteiger partial charge in [-0.2, -0.15) is 18.3 Å². The highest BCUT2D eigenvalue weighted by Crippen LogP contribution is 2.33. The van der Waals surface area contributed by atoms with Crippen molar-refractivity contribution in [3.05, 3.63) is 35.5 Å². The summed E-state index contributed by atoms with van der Waals surface area (Å²) in [6, 6.07) is 8.29. The van der Waals surface area contributed by atoms with Crippen LogP contribution in [-0.4, -0.2) is 83.0 Å². The van der Waals surface area contributed by atoms with Crippen LogP contribution in [0.15, 0.2) is 24.3 Å². The van der Waals surface area contributed by atoms with Crippen LogP contribution in [0.1, 0.15) is 25.1 Å². The van der Waals surface area contributed by atoms with Gasteiger partial charge in [-0.15, -0.1) is 0 Å². The van der Waals surface area contributed by atoms with Crippen LogP contribution in [0.3, 0.4) is 0 Å². The molecule has 2 N–H and O–H groups in total. The number of aliphatic carboxylic acids is 1. The number of carboxylic acids is 1. The standard InChI is InChI=1S/C20H28N4O2.C2HF3O2/c1-14(2)23(3)13-19(25)24-11-9-15-17(10-12-24)21-22-20(15)16-7-5-6-8-18(16)26-4;3-2(4,5)1(6)7/h5-8,14H,9-13H2,1-4H3,(H,21,22);(H,6,7). The summed E-state index contributed by atoms with van der Waals surface area (Å²) in [4.78, 5) is 25.6. The number of H-pyrrole nitrogens is 1. The van der Waals surface area contributed by atoms with Crippen molar-refractivity contribution >= 4 is 11.9 Å². The number of fused-ring (bicyclic) bond motifs is 1. The lowest BCUT2D eigenvalue weighted by Crippen LogP contribution is -2.42. The number of carbonyl (C=O) groups excluding carboxylic acids is 1. The number of likely N-dealkylation sites (N-methyl/N-ethyl adjacent to an activating group) is 1. The van der Waals surface area contributed by atoms with Crippen molar-refractivity contribution in [3.8, 4) is 17.0 Å². The van der Waals surface area contributed by atoms with Crippen molar-refractivity contribution < 1.29 is 32.6 Å². The maximum absolute atomic E-state index is 12.6. The minimum absolute atomic E-state index is 0.193. The van der Waals surface area contributed by atoms with E-state index in [2.05, 4.69) is 28.9 Å². The molecule has 0 bridgehead atoms. The van der Waals surface area contributed by atoms with Crippen molar-refractivity contribution in [1.29, 1.82) is 0 Å². The molecule has 1 aromatic heterocycles. The first-order valence-electron chi connectivity index (χ1n) is 10.4. The molecule has 0 atom stereocenters. The molecular weight excluding hydrogens is 441 g/mol. The van der Waals surface area contributed by atoms with Gasteiger partial charge in [0.1, 0.15) is 5.75 Å². The molecule has 182 valence electrons. The van der Waals surface area contributed by atoms with Crippen LogP contribution >= 0.6 is 0 Å². The smallest absolute Gasteiger partial charge is 0.490 e. The number of para-hydroxylation sites is 1. The van der Waals surface area contributed by atoms with Gasteiger partial charge in [0.2, 0.25) is 5.91 Å². The first kappa shape index (κ1) is 26.2. The number of amides is 1. The highest BCUT2D eigenvalue weighted by molar-refractivity contribution is 5.78. The molecule has 1 aliphatic rings. The Labute approximate surface area is 190 Å². The van der Waals surface area contributed by atoms with E-state index in [0.717, 1.165) is 48.6 Å². The molecule has 0 saturated heterocycles. The van der Waals surface area contributed by atoms with Gasteiger partial charge < -0.3 is 14.7 Å². The van der Waals surface area contributed by atoms with Gasteiger partial charge in [-0.1, -0.05) is 12.1 Å². The van der Waals surface area contributed by atoms with E-state index in [1.165, 1.54) is 5.56 Å². The topological polar surface area (TPSA) is 98.8 Å². The Balaban J connectivity index is 0.000000479. The van der Waals surface area contributed by atoms with Crippen LogP contribution in [0.4, 0.5) is 13.2 Å². The van der Waals surface area contributed by atoms with Gasteiger partial charge in [-0.25, -0.2) is 4.79 Å². The van der Waals surface area contributed by atoms with Crippen molar-refractivity contribution in [3.63, 3.8) is 0 Å². The van der Waals surface area contributed by atoms with E-state index in [1.54, 1.807) is 7.11 Å². The first-order valence-corrected chi connectivity index (χ1v) is 10.4. The monoisotopic (exact) mass is 470 g/mol. The Morgan fingerprint density at radius 1 is 1.24 bits per heavy atom. The zero-order valence-corrected chi connectivity index (χ0v) is 19.1. The quantitative estimate of drug-likeness (QED) is 0.697. The molecule has 2 heterocycles. The number of aromatic amines is 1. The van der Waals surface area contributed by atoms with E-state index >= 15 is 0 Å². The normalized spacial score (nSPS) is 13.8. The molecule has 33 heavy (non-hydrogen) atoms. The second-order valence-electron chi connectivity index (χ2n) is 7.92. The Hall–Kier alpha value is -3.08. The largest absolute Gasteiger partial charge is 0.496 e. The van der Waals surface area contributed by atoms with E-state index in [0.29, 0.717) is 12.6 Å². The number of benzene rings is 1. The Bertz CT molecular complexity index is 959. The number of aromatic nitrogens is 2. The van der Waals surface area contributed by atoms with E-state index in [9.17, 15) is 18.0 Å². The van der Waals surface area contributed by atoms with Gasteiger partial charge >= 0.3 is 12.1 Å². The average Bonchev–Trinajstić information content (AvgIpc) is 3.03. The molecule has 0 radical (unpaired) electrons. The Morgan fingerprint density at radius 3 is 2.42 bits per heavy atom. The minimum atomic E-state index is -5.08. The summed E-state index contributed by atoms with van der Waals surface area (Å²) < 4.78 is 37.2. The predicted molar refractivity (Wildman–Crippen MR) is 116 cm³/mol. The molecular formula is C22H29F3N4O4. The van der Waals surface area contributed by atoms with E-state index in [1.807, 2.05) is 36.2 Å². The third-order valence-corrected chi connectivity index (χ3v) is 5.44. The summed E-state index contributed by atoms with van der Waals surface area (Å²) in [6.45, 7) is 6.12. The predicted octanol–water partition coefficient (Wildman–Crippen LogP) is 2.99. The zero-order valence-electron chi connectivity index (χ0n) is 19.1. The summed E-state index contributed by atoms with van der Waals surface area (Å²) in [5.41, 5.74) is 4.25. The molecule has 11 heteroatoms. The SMILES string of the molecule is COc1ccccc1-c1n[nH]c2c1CCN(C(=O)CN(C)C(C)C)CC2.O=C(O)C(F)(F)F. The van der Waals surface area contributed by atoms with Crippen molar-refractivity contribution in [2.24, 2.45) is 0 Å². The summed E-state index contributed by atoms with van der Waals surface area (Å²) in [6.07, 6.45) is -3.48. The fraction of sp³-hybridized carbons (Fsp3) is 0.500. The number of alkyl halides is 3. The number of halogens is 3. The summed E-state index contributed by atoms with van der Waals surface area (Å²) >= 11 is 0. The number of hydrogen-bond acceptors (Lipinski definition) is 5. The number of nitrogens with zero attached hydrogens (tertiary/aromatic N) is 3. The van der Waals surface area contributed by atoms with E-state index < -0.39 is 12.1 Å². The molecule has 1 aliphatic heterocycles. The molecule has 8 nitrogen and oxygen atoms in total. The number of rotatable bonds is 5. The third-order valence-electron chi connectivity index (χ3n) is 5.44. The lowest BCUT2D eigenvalue weighted by Gasteiger charge is -2.26. The molecule has 1 amide bonds. The highest BCUT2D eigenvalue weighted by Gasteiger charge is 2.38. The number of nitrogens with one attached hydrogen (secondary N) is 1. The van der Waals surface area contributed by atoms with Crippen molar-refractivity contribution in [2.45, 2.75) is 38.9 Å². The summed E-state index contributed by atoms with van der Waals surface area (Å²) in [5.74, 6) is -1.75. The fourth-order valence-electron chi connectivity index (χ4n) is 3.29. The van der Waals surface area contributed by atoms with Crippen LogP contribution in [-0.2, 0) is 22.4 Å². The molecule has 2 aromatic rings. The number of methoxy groups -OCH3 is 1. The maximum Gasteiger partial charge on any atom is 0.490 e. The molecule has 0 aliphatic carbocycles. The fourth-order valence-corrected chi connectivity index (χ4v) is 3.29. The number of carboxylic acid groups (broad SMARTS) is 1. The van der Waals surface area contributed by atoms with Gasteiger partial charge in [0.05, 0.1) is 19.3 Å². The molecule has 0 fully saturated rings. The van der Waals surface area contributed by atoms with Gasteiger partial charge in [-0.05, 0) is 39.4 Å². The van der Waals surface area contributed by atoms with Gasteiger partial charge in [0, 0.05) is 42.4 Å². The van der Waals surface area contributed by atoms with Crippen LogP contribution in [0.25, 0.3) is 11.3 Å². The number of carbonyl (C=O) groups is 2. The molecule has 0 spiro atoms. The second-order valence-corrected chi connectivity index (χ2v) is 7.92. The molecule has 0 saturated carbocycles. The number of ether oxygens (including phenoxy) is 1. The second kappa shape index (κ2) is 11.2. The molecule has 1 aromatic carbocycles. The summed E-state index contributed by atoms with van der Waals surface area (Å²) in [7, 11) is 3.67.